The lowest BCUT2D eigenvalue weighted by Gasteiger charge is -2.21. The maximum atomic E-state index is 12.7. The summed E-state index contributed by atoms with van der Waals surface area (Å²) >= 11 is 0. The van der Waals surface area contributed by atoms with Crippen molar-refractivity contribution in [1.29, 1.82) is 0 Å². The molecule has 21 heavy (non-hydrogen) atoms. The van der Waals surface area contributed by atoms with Crippen LogP contribution < -0.4 is 0 Å². The minimum Gasteiger partial charge on any atom is -0.507 e. The van der Waals surface area contributed by atoms with Crippen molar-refractivity contribution in [2.24, 2.45) is 5.92 Å². The van der Waals surface area contributed by atoms with Gasteiger partial charge in [-0.25, -0.2) is 13.2 Å². The molecule has 0 amide bonds. The molecule has 2 rings (SSSR count). The Hall–Kier alpha value is -1.60. The second-order valence-corrected chi connectivity index (χ2v) is 7.25. The summed E-state index contributed by atoms with van der Waals surface area (Å²) in [5.74, 6) is -1.38. The van der Waals surface area contributed by atoms with Crippen LogP contribution in [-0.2, 0) is 10.0 Å². The summed E-state index contributed by atoms with van der Waals surface area (Å²) in [5, 5.41) is 18.6. The molecule has 1 saturated carbocycles. The number of aromatic hydroxyl groups is 1. The summed E-state index contributed by atoms with van der Waals surface area (Å²) in [7, 11) is -3.75. The quantitative estimate of drug-likeness (QED) is 0.835. The maximum absolute atomic E-state index is 12.7. The highest BCUT2D eigenvalue weighted by Gasteiger charge is 2.32. The molecule has 1 aliphatic carbocycles. The Labute approximate surface area is 124 Å². The fraction of sp³-hybridized carbons (Fsp3) is 0.500. The van der Waals surface area contributed by atoms with E-state index in [0.29, 0.717) is 24.6 Å². The largest absolute Gasteiger partial charge is 0.507 e. The Kier molecular flexibility index (Phi) is 4.25. The topological polar surface area (TPSA) is 94.9 Å². The average Bonchev–Trinajstić information content (AvgIpc) is 3.18. The summed E-state index contributed by atoms with van der Waals surface area (Å²) in [4.78, 5) is 11.0. The zero-order valence-electron chi connectivity index (χ0n) is 12.0. The number of rotatable bonds is 6. The third-order valence-corrected chi connectivity index (χ3v) is 5.74. The van der Waals surface area contributed by atoms with E-state index in [4.69, 9.17) is 5.11 Å². The first-order chi connectivity index (χ1) is 9.77. The number of sulfonamides is 1. The summed E-state index contributed by atoms with van der Waals surface area (Å²) in [6, 6.07) is 2.22. The number of phenols is 1. The second-order valence-electron chi connectivity index (χ2n) is 5.34. The molecule has 2 N–H and O–H groups in total. The molecule has 7 heteroatoms. The average molecular weight is 313 g/mol. The van der Waals surface area contributed by atoms with Crippen molar-refractivity contribution >= 4 is 16.0 Å². The number of hydrogen-bond donors (Lipinski definition) is 2. The predicted molar refractivity (Wildman–Crippen MR) is 77.0 cm³/mol. The summed E-state index contributed by atoms with van der Waals surface area (Å²) < 4.78 is 26.7. The van der Waals surface area contributed by atoms with Crippen LogP contribution in [0, 0.1) is 12.8 Å². The zero-order valence-corrected chi connectivity index (χ0v) is 12.9. The molecule has 1 aromatic rings. The van der Waals surface area contributed by atoms with Crippen LogP contribution in [0.4, 0.5) is 0 Å². The molecule has 0 bridgehead atoms. The Balaban J connectivity index is 2.47. The Morgan fingerprint density at radius 3 is 2.48 bits per heavy atom. The van der Waals surface area contributed by atoms with Crippen LogP contribution in [0.1, 0.15) is 35.7 Å². The molecule has 0 radical (unpaired) electrons. The van der Waals surface area contributed by atoms with Gasteiger partial charge in [0, 0.05) is 13.1 Å². The van der Waals surface area contributed by atoms with Crippen molar-refractivity contribution in [1.82, 2.24) is 4.31 Å². The van der Waals surface area contributed by atoms with E-state index in [2.05, 4.69) is 0 Å². The van der Waals surface area contributed by atoms with Crippen molar-refractivity contribution in [3.63, 3.8) is 0 Å². The van der Waals surface area contributed by atoms with Crippen LogP contribution in [0.3, 0.4) is 0 Å². The van der Waals surface area contributed by atoms with Gasteiger partial charge < -0.3 is 10.2 Å². The van der Waals surface area contributed by atoms with E-state index in [1.165, 1.54) is 10.4 Å². The summed E-state index contributed by atoms with van der Waals surface area (Å²) in [5.41, 5.74) is -0.0617. The molecule has 116 valence electrons. The fourth-order valence-corrected chi connectivity index (χ4v) is 4.00. The third kappa shape index (κ3) is 3.19. The van der Waals surface area contributed by atoms with Crippen LogP contribution in [0.2, 0.25) is 0 Å². The molecule has 0 spiro atoms. The number of hydrogen-bond acceptors (Lipinski definition) is 4. The van der Waals surface area contributed by atoms with E-state index in [1.54, 1.807) is 13.8 Å². The Morgan fingerprint density at radius 1 is 1.38 bits per heavy atom. The van der Waals surface area contributed by atoms with E-state index < -0.39 is 27.3 Å². The van der Waals surface area contributed by atoms with Crippen LogP contribution >= 0.6 is 0 Å². The Morgan fingerprint density at radius 2 is 2.00 bits per heavy atom. The van der Waals surface area contributed by atoms with Gasteiger partial charge in [0.05, 0.1) is 4.90 Å². The number of carbonyl (C=O) groups is 1. The van der Waals surface area contributed by atoms with Gasteiger partial charge in [-0.15, -0.1) is 0 Å². The Bertz CT molecular complexity index is 664. The molecule has 1 aromatic carbocycles. The molecule has 0 saturated heterocycles. The monoisotopic (exact) mass is 313 g/mol. The molecule has 1 fully saturated rings. The van der Waals surface area contributed by atoms with Crippen LogP contribution in [0.15, 0.2) is 17.0 Å². The van der Waals surface area contributed by atoms with Crippen LogP contribution in [-0.4, -0.2) is 42.0 Å². The summed E-state index contributed by atoms with van der Waals surface area (Å²) in [6.07, 6.45) is 2.06. The van der Waals surface area contributed by atoms with E-state index in [-0.39, 0.29) is 4.90 Å². The van der Waals surface area contributed by atoms with Gasteiger partial charge in [0.15, 0.2) is 0 Å². The molecular weight excluding hydrogens is 294 g/mol. The predicted octanol–water partition coefficient (Wildman–Crippen LogP) is 1.82. The summed E-state index contributed by atoms with van der Waals surface area (Å²) in [6.45, 7) is 4.10. The SMILES string of the molecule is CCN(CC1CC1)S(=O)(=O)c1cc(C(=O)O)c(O)cc1C. The smallest absolute Gasteiger partial charge is 0.339 e. The zero-order chi connectivity index (χ0) is 15.8. The molecular formula is C14H19NO5S. The van der Waals surface area contributed by atoms with Crippen molar-refractivity contribution in [2.45, 2.75) is 31.6 Å². The molecule has 0 heterocycles. The van der Waals surface area contributed by atoms with E-state index in [9.17, 15) is 18.3 Å². The van der Waals surface area contributed by atoms with Gasteiger partial charge >= 0.3 is 5.97 Å². The first kappa shape index (κ1) is 15.8. The highest BCUT2D eigenvalue weighted by molar-refractivity contribution is 7.89. The van der Waals surface area contributed by atoms with Crippen LogP contribution in [0.5, 0.6) is 5.75 Å². The van der Waals surface area contributed by atoms with Gasteiger partial charge in [-0.3, -0.25) is 0 Å². The van der Waals surface area contributed by atoms with Crippen molar-refractivity contribution in [2.75, 3.05) is 13.1 Å². The van der Waals surface area contributed by atoms with Crippen molar-refractivity contribution in [3.05, 3.63) is 23.3 Å². The standard InChI is InChI=1S/C14H19NO5S/c1-3-15(8-10-4-5-10)21(19,20)13-7-11(14(17)18)12(16)6-9(13)2/h6-7,10,16H,3-5,8H2,1-2H3,(H,17,18). The van der Waals surface area contributed by atoms with E-state index in [1.807, 2.05) is 0 Å². The first-order valence-corrected chi connectivity index (χ1v) is 8.28. The lowest BCUT2D eigenvalue weighted by Crippen LogP contribution is -2.33. The van der Waals surface area contributed by atoms with E-state index in [0.717, 1.165) is 18.9 Å². The van der Waals surface area contributed by atoms with Crippen molar-refractivity contribution < 1.29 is 23.4 Å². The van der Waals surface area contributed by atoms with Crippen molar-refractivity contribution in [3.8, 4) is 5.75 Å². The second kappa shape index (κ2) is 5.65. The maximum Gasteiger partial charge on any atom is 0.339 e. The van der Waals surface area contributed by atoms with Gasteiger partial charge in [-0.2, -0.15) is 4.31 Å². The van der Waals surface area contributed by atoms with Crippen LogP contribution in [0.25, 0.3) is 0 Å². The normalized spacial score (nSPS) is 15.4. The number of nitrogens with zero attached hydrogens (tertiary/aromatic N) is 1. The molecule has 0 unspecified atom stereocenters. The molecule has 1 aliphatic rings. The van der Waals surface area contributed by atoms with Gasteiger partial charge in [0.2, 0.25) is 10.0 Å². The first-order valence-electron chi connectivity index (χ1n) is 6.84. The lowest BCUT2D eigenvalue weighted by atomic mass is 10.1. The molecule has 6 nitrogen and oxygen atoms in total. The molecule has 0 aromatic heterocycles. The van der Waals surface area contributed by atoms with E-state index >= 15 is 0 Å². The molecule has 0 aliphatic heterocycles. The number of aryl methyl sites for hydroxylation is 1. The number of aromatic carboxylic acids is 1. The highest BCUT2D eigenvalue weighted by Crippen LogP contribution is 2.33. The number of benzene rings is 1. The van der Waals surface area contributed by atoms with Gasteiger partial charge in [0.25, 0.3) is 0 Å². The van der Waals surface area contributed by atoms with Gasteiger partial charge in [-0.1, -0.05) is 6.92 Å². The minimum absolute atomic E-state index is 0.0554. The minimum atomic E-state index is -3.75. The fourth-order valence-electron chi connectivity index (χ4n) is 2.25. The van der Waals surface area contributed by atoms with Gasteiger partial charge in [0.1, 0.15) is 11.3 Å². The number of carboxylic acids is 1. The highest BCUT2D eigenvalue weighted by atomic mass is 32.2. The third-order valence-electron chi connectivity index (χ3n) is 3.65. The lowest BCUT2D eigenvalue weighted by molar-refractivity contribution is 0.0693. The van der Waals surface area contributed by atoms with Gasteiger partial charge in [-0.05, 0) is 43.4 Å². The molecule has 0 atom stereocenters. The number of carboxylic acid groups (broad SMARTS) is 1.